The molecule has 0 bridgehead atoms. The second-order valence-corrected chi connectivity index (χ2v) is 10.3. The highest BCUT2D eigenvalue weighted by Crippen LogP contribution is 2.30. The second-order valence-electron chi connectivity index (χ2n) is 8.21. The van der Waals surface area contributed by atoms with E-state index in [9.17, 15) is 31.5 Å². The van der Waals surface area contributed by atoms with Gasteiger partial charge in [0.1, 0.15) is 16.4 Å². The van der Waals surface area contributed by atoms with Crippen molar-refractivity contribution in [1.29, 1.82) is 0 Å². The van der Waals surface area contributed by atoms with Crippen LogP contribution in [0.15, 0.2) is 45.8 Å². The number of carboxylic acids is 2. The predicted molar refractivity (Wildman–Crippen MR) is 139 cm³/mol. The minimum atomic E-state index is -5.08. The van der Waals surface area contributed by atoms with E-state index in [1.165, 1.54) is 37.4 Å². The molecule has 1 aromatic heterocycles. The van der Waals surface area contributed by atoms with Gasteiger partial charge in [-0.3, -0.25) is 4.72 Å². The Kier molecular flexibility index (Phi) is 10.4. The summed E-state index contributed by atoms with van der Waals surface area (Å²) in [5, 5.41) is 21.0. The topological polar surface area (TPSA) is 159 Å². The number of hydrogen-bond acceptors (Lipinski definition) is 8. The molecule has 0 unspecified atom stereocenters. The molecule has 3 rings (SSSR count). The smallest absolute Gasteiger partial charge is 0.490 e. The fraction of sp³-hybridized carbons (Fsp3) is 0.292. The van der Waals surface area contributed by atoms with E-state index >= 15 is 0 Å². The number of alkyl halides is 3. The third kappa shape index (κ3) is 8.26. The van der Waals surface area contributed by atoms with E-state index in [0.29, 0.717) is 18.7 Å². The van der Waals surface area contributed by atoms with Gasteiger partial charge in [-0.15, -0.1) is 0 Å². The van der Waals surface area contributed by atoms with Gasteiger partial charge in [0.25, 0.3) is 10.0 Å². The van der Waals surface area contributed by atoms with Gasteiger partial charge >= 0.3 is 18.1 Å². The molecule has 0 spiro atoms. The van der Waals surface area contributed by atoms with E-state index in [1.54, 1.807) is 18.0 Å². The van der Waals surface area contributed by atoms with Crippen molar-refractivity contribution in [3.63, 3.8) is 0 Å². The molecule has 40 heavy (non-hydrogen) atoms. The van der Waals surface area contributed by atoms with Gasteiger partial charge in [0.15, 0.2) is 0 Å². The number of aliphatic carboxylic acids is 1. The van der Waals surface area contributed by atoms with Gasteiger partial charge in [-0.25, -0.2) is 18.0 Å². The van der Waals surface area contributed by atoms with E-state index in [2.05, 4.69) is 9.88 Å². The average Bonchev–Trinajstić information content (AvgIpc) is 3.18. The van der Waals surface area contributed by atoms with Gasteiger partial charge in [-0.1, -0.05) is 16.8 Å². The van der Waals surface area contributed by atoms with Crippen molar-refractivity contribution in [2.75, 3.05) is 30.3 Å². The van der Waals surface area contributed by atoms with E-state index in [4.69, 9.17) is 30.8 Å². The quantitative estimate of drug-likeness (QED) is 0.309. The number of nitrogens with one attached hydrogen (secondary N) is 1. The average molecular weight is 608 g/mol. The van der Waals surface area contributed by atoms with E-state index in [-0.39, 0.29) is 26.9 Å². The number of anilines is 2. The molecule has 218 valence electrons. The lowest BCUT2D eigenvalue weighted by Crippen LogP contribution is -2.23. The molecule has 0 saturated carbocycles. The summed E-state index contributed by atoms with van der Waals surface area (Å²) in [4.78, 5) is 22.5. The van der Waals surface area contributed by atoms with Crippen LogP contribution in [0, 0.1) is 13.8 Å². The van der Waals surface area contributed by atoms with Gasteiger partial charge in [0, 0.05) is 29.9 Å². The van der Waals surface area contributed by atoms with Crippen LogP contribution >= 0.6 is 11.6 Å². The maximum absolute atomic E-state index is 12.9. The first-order valence-electron chi connectivity index (χ1n) is 11.1. The molecular weight excluding hydrogens is 583 g/mol. The molecule has 0 saturated heterocycles. The number of aromatic nitrogens is 1. The lowest BCUT2D eigenvalue weighted by Gasteiger charge is -2.22. The number of carbonyl (C=O) groups is 2. The predicted octanol–water partition coefficient (Wildman–Crippen LogP) is 4.76. The Balaban J connectivity index is 0.000000708. The minimum absolute atomic E-state index is 0.0467. The summed E-state index contributed by atoms with van der Waals surface area (Å²) in [6, 6.07) is 8.55. The third-order valence-electron chi connectivity index (χ3n) is 5.43. The number of aromatic carboxylic acids is 1. The van der Waals surface area contributed by atoms with Crippen LogP contribution in [0.5, 0.6) is 5.75 Å². The molecule has 0 aliphatic carbocycles. The van der Waals surface area contributed by atoms with Gasteiger partial charge < -0.3 is 24.4 Å². The molecule has 11 nitrogen and oxygen atoms in total. The summed E-state index contributed by atoms with van der Waals surface area (Å²) in [6.45, 7) is 4.19. The number of aryl methyl sites for hydroxylation is 2. The van der Waals surface area contributed by atoms with Crippen LogP contribution in [-0.2, 0) is 21.2 Å². The zero-order valence-corrected chi connectivity index (χ0v) is 23.1. The Morgan fingerprint density at radius 3 is 2.27 bits per heavy atom. The van der Waals surface area contributed by atoms with Gasteiger partial charge in [-0.2, -0.15) is 13.2 Å². The zero-order chi connectivity index (χ0) is 30.4. The minimum Gasteiger partial charge on any atom is -0.495 e. The molecule has 3 aromatic rings. The van der Waals surface area contributed by atoms with Crippen LogP contribution in [0.1, 0.15) is 27.4 Å². The van der Waals surface area contributed by atoms with Crippen molar-refractivity contribution in [3.05, 3.63) is 64.0 Å². The normalized spacial score (nSPS) is 11.3. The van der Waals surface area contributed by atoms with Crippen LogP contribution in [0.4, 0.5) is 24.5 Å². The molecule has 0 aliphatic heterocycles. The van der Waals surface area contributed by atoms with Crippen LogP contribution in [0.3, 0.4) is 0 Å². The summed E-state index contributed by atoms with van der Waals surface area (Å²) in [7, 11) is -0.977. The molecule has 0 amide bonds. The molecule has 2 aromatic carbocycles. The van der Waals surface area contributed by atoms with Crippen molar-refractivity contribution in [2.24, 2.45) is 0 Å². The maximum Gasteiger partial charge on any atom is 0.490 e. The van der Waals surface area contributed by atoms with E-state index in [0.717, 1.165) is 17.0 Å². The number of benzene rings is 2. The number of ether oxygens (including phenoxy) is 1. The first-order valence-corrected chi connectivity index (χ1v) is 13.0. The molecule has 0 aliphatic rings. The molecule has 0 radical (unpaired) electrons. The molecule has 0 fully saturated rings. The Morgan fingerprint density at radius 1 is 1.15 bits per heavy atom. The Bertz CT molecular complexity index is 1470. The number of carboxylic acid groups (broad SMARTS) is 2. The lowest BCUT2D eigenvalue weighted by molar-refractivity contribution is -0.192. The largest absolute Gasteiger partial charge is 0.495 e. The van der Waals surface area contributed by atoms with Crippen LogP contribution in [-0.4, -0.2) is 62.6 Å². The SMILES string of the molecule is COc1ccc(Cl)cc1S(=O)(=O)Nc1ccc(N(C)CCc2c(C)noc2C)c(C(=O)O)c1.O=C(O)C(F)(F)F. The van der Waals surface area contributed by atoms with Crippen molar-refractivity contribution < 1.29 is 50.7 Å². The summed E-state index contributed by atoms with van der Waals surface area (Å²) < 4.78 is 70.2. The van der Waals surface area contributed by atoms with Crippen molar-refractivity contribution in [2.45, 2.75) is 31.3 Å². The highest BCUT2D eigenvalue weighted by molar-refractivity contribution is 7.92. The van der Waals surface area contributed by atoms with E-state index in [1.807, 2.05) is 13.8 Å². The van der Waals surface area contributed by atoms with E-state index < -0.39 is 28.1 Å². The van der Waals surface area contributed by atoms with Gasteiger partial charge in [0.2, 0.25) is 0 Å². The van der Waals surface area contributed by atoms with Gasteiger partial charge in [-0.05, 0) is 56.7 Å². The molecular formula is C24H25ClF3N3O8S. The first kappa shape index (κ1) is 32.2. The third-order valence-corrected chi connectivity index (χ3v) is 7.06. The summed E-state index contributed by atoms with van der Waals surface area (Å²) in [5.74, 6) is -3.11. The molecule has 0 atom stereocenters. The highest BCUT2D eigenvalue weighted by atomic mass is 35.5. The van der Waals surface area contributed by atoms with Crippen molar-refractivity contribution in [1.82, 2.24) is 5.16 Å². The van der Waals surface area contributed by atoms with Crippen LogP contribution < -0.4 is 14.4 Å². The number of sulfonamides is 1. The second kappa shape index (κ2) is 12.9. The Morgan fingerprint density at radius 2 is 1.77 bits per heavy atom. The lowest BCUT2D eigenvalue weighted by atomic mass is 10.1. The number of nitrogens with zero attached hydrogens (tertiary/aromatic N) is 2. The fourth-order valence-corrected chi connectivity index (χ4v) is 4.92. The van der Waals surface area contributed by atoms with Crippen molar-refractivity contribution in [3.8, 4) is 5.75 Å². The van der Waals surface area contributed by atoms with Crippen molar-refractivity contribution >= 4 is 44.9 Å². The summed E-state index contributed by atoms with van der Waals surface area (Å²) in [6.07, 6.45) is -4.47. The monoisotopic (exact) mass is 607 g/mol. The first-order chi connectivity index (χ1) is 18.5. The van der Waals surface area contributed by atoms with Crippen LogP contribution in [0.2, 0.25) is 5.02 Å². The van der Waals surface area contributed by atoms with Crippen LogP contribution in [0.25, 0.3) is 0 Å². The standard InChI is InChI=1S/C22H24ClN3O6S.C2HF3O2/c1-13-17(14(2)32-24-13)9-10-26(3)19-7-6-16(12-18(19)22(27)28)25-33(29,30)21-11-15(23)5-8-20(21)31-4;3-2(4,5)1(6)7/h5-8,11-12,25H,9-10H2,1-4H3,(H,27,28);(H,6,7). The number of halogens is 4. The van der Waals surface area contributed by atoms with Gasteiger partial charge in [0.05, 0.1) is 24.1 Å². The zero-order valence-electron chi connectivity index (χ0n) is 21.5. The fourth-order valence-electron chi connectivity index (χ4n) is 3.43. The molecule has 1 heterocycles. The number of rotatable bonds is 9. The number of hydrogen-bond donors (Lipinski definition) is 3. The molecule has 16 heteroatoms. The summed E-state index contributed by atoms with van der Waals surface area (Å²) >= 11 is 5.95. The Labute approximate surface area is 232 Å². The Hall–Kier alpha value is -3.98. The molecule has 3 N–H and O–H groups in total. The number of methoxy groups -OCH3 is 1. The number of likely N-dealkylation sites (N-methyl/N-ethyl adjacent to an activating group) is 1. The highest BCUT2D eigenvalue weighted by Gasteiger charge is 2.38. The maximum atomic E-state index is 12.9. The summed E-state index contributed by atoms with van der Waals surface area (Å²) in [5.41, 5.74) is 2.25.